The molecule has 0 bridgehead atoms. The van der Waals surface area contributed by atoms with Crippen molar-refractivity contribution < 1.29 is 8.78 Å². The Morgan fingerprint density at radius 1 is 1.35 bits per heavy atom. The lowest BCUT2D eigenvalue weighted by Gasteiger charge is -2.17. The highest BCUT2D eigenvalue weighted by molar-refractivity contribution is 6.30. The topological polar surface area (TPSA) is 55.9 Å². The number of hydrazine groups is 1. The smallest absolute Gasteiger partial charge is 0.142 e. The fourth-order valence-electron chi connectivity index (χ4n) is 2.13. The molecular formula is C13H15ClF2N4. The highest BCUT2D eigenvalue weighted by Crippen LogP contribution is 2.26. The lowest BCUT2D eigenvalue weighted by atomic mass is 10.0. The van der Waals surface area contributed by atoms with E-state index in [9.17, 15) is 8.78 Å². The minimum atomic E-state index is -0.676. The van der Waals surface area contributed by atoms with Gasteiger partial charge in [0.15, 0.2) is 0 Å². The Bertz CT molecular complexity index is 627. The number of nitrogens with two attached hydrogens (primary N) is 1. The van der Waals surface area contributed by atoms with E-state index >= 15 is 0 Å². The molecule has 1 unspecified atom stereocenters. The van der Waals surface area contributed by atoms with Crippen molar-refractivity contribution in [2.24, 2.45) is 12.9 Å². The molecule has 0 aliphatic heterocycles. The monoisotopic (exact) mass is 300 g/mol. The van der Waals surface area contributed by atoms with Crippen LogP contribution in [0.3, 0.4) is 0 Å². The van der Waals surface area contributed by atoms with Crippen molar-refractivity contribution in [3.63, 3.8) is 0 Å². The predicted octanol–water partition coefficient (Wildman–Crippen LogP) is 2.41. The standard InChI is InChI=1S/C13H15ClF2N4/c1-7-3-8(20(2)19-7)4-13(18-17)9-5-12(16)10(14)6-11(9)15/h3,5-6,13,18H,4,17H2,1-2H3. The fourth-order valence-corrected chi connectivity index (χ4v) is 2.28. The number of aromatic nitrogens is 2. The third-order valence-electron chi connectivity index (χ3n) is 3.13. The lowest BCUT2D eigenvalue weighted by molar-refractivity contribution is 0.491. The molecule has 7 heteroatoms. The summed E-state index contributed by atoms with van der Waals surface area (Å²) in [7, 11) is 1.79. The van der Waals surface area contributed by atoms with Crippen LogP contribution < -0.4 is 11.3 Å². The number of hydrogen-bond acceptors (Lipinski definition) is 3. The first-order chi connectivity index (χ1) is 9.42. The summed E-state index contributed by atoms with van der Waals surface area (Å²) >= 11 is 5.54. The van der Waals surface area contributed by atoms with E-state index in [-0.39, 0.29) is 10.6 Å². The van der Waals surface area contributed by atoms with Gasteiger partial charge >= 0.3 is 0 Å². The average Bonchev–Trinajstić information content (AvgIpc) is 2.69. The first-order valence-corrected chi connectivity index (χ1v) is 6.40. The first-order valence-electron chi connectivity index (χ1n) is 6.02. The Kier molecular flexibility index (Phi) is 4.37. The van der Waals surface area contributed by atoms with Crippen molar-refractivity contribution in [2.45, 2.75) is 19.4 Å². The van der Waals surface area contributed by atoms with Crippen LogP contribution in [0.2, 0.25) is 5.02 Å². The number of hydrogen-bond donors (Lipinski definition) is 2. The molecule has 0 aliphatic carbocycles. The van der Waals surface area contributed by atoms with E-state index in [1.165, 1.54) is 0 Å². The van der Waals surface area contributed by atoms with Gasteiger partial charge in [-0.25, -0.2) is 8.78 Å². The second kappa shape index (κ2) is 5.87. The highest BCUT2D eigenvalue weighted by atomic mass is 35.5. The number of rotatable bonds is 4. The Balaban J connectivity index is 2.33. The molecule has 0 saturated carbocycles. The molecule has 1 aromatic heterocycles. The summed E-state index contributed by atoms with van der Waals surface area (Å²) in [6.07, 6.45) is 0.381. The van der Waals surface area contributed by atoms with Crippen LogP contribution in [0.4, 0.5) is 8.78 Å². The van der Waals surface area contributed by atoms with E-state index in [4.69, 9.17) is 17.4 Å². The van der Waals surface area contributed by atoms with Crippen molar-refractivity contribution in [1.29, 1.82) is 0 Å². The number of nitrogens with zero attached hydrogens (tertiary/aromatic N) is 2. The SMILES string of the molecule is Cc1cc(CC(NN)c2cc(F)c(Cl)cc2F)n(C)n1. The van der Waals surface area contributed by atoms with E-state index in [2.05, 4.69) is 10.5 Å². The summed E-state index contributed by atoms with van der Waals surface area (Å²) in [4.78, 5) is 0. The van der Waals surface area contributed by atoms with Gasteiger partial charge in [-0.2, -0.15) is 5.10 Å². The second-order valence-electron chi connectivity index (χ2n) is 4.61. The molecule has 3 N–H and O–H groups in total. The summed E-state index contributed by atoms with van der Waals surface area (Å²) in [5.41, 5.74) is 4.34. The van der Waals surface area contributed by atoms with Crippen LogP contribution in [0.5, 0.6) is 0 Å². The summed E-state index contributed by atoms with van der Waals surface area (Å²) in [5, 5.41) is 3.95. The molecule has 0 spiro atoms. The lowest BCUT2D eigenvalue weighted by Crippen LogP contribution is -2.31. The minimum absolute atomic E-state index is 0.133. The van der Waals surface area contributed by atoms with Crippen LogP contribution in [-0.2, 0) is 13.5 Å². The molecule has 0 amide bonds. The van der Waals surface area contributed by atoms with Crippen LogP contribution in [-0.4, -0.2) is 9.78 Å². The Labute approximate surface area is 120 Å². The quantitative estimate of drug-likeness (QED) is 0.518. The van der Waals surface area contributed by atoms with Crippen LogP contribution in [0, 0.1) is 18.6 Å². The van der Waals surface area contributed by atoms with Gasteiger partial charge in [0.05, 0.1) is 16.8 Å². The van der Waals surface area contributed by atoms with Crippen LogP contribution in [0.1, 0.15) is 23.0 Å². The van der Waals surface area contributed by atoms with Crippen molar-refractivity contribution in [2.75, 3.05) is 0 Å². The predicted molar refractivity (Wildman–Crippen MR) is 73.1 cm³/mol. The third kappa shape index (κ3) is 2.98. The molecule has 2 aromatic rings. The van der Waals surface area contributed by atoms with Gasteiger partial charge in [0, 0.05) is 24.7 Å². The van der Waals surface area contributed by atoms with E-state index in [1.807, 2.05) is 13.0 Å². The van der Waals surface area contributed by atoms with Crippen LogP contribution in [0.15, 0.2) is 18.2 Å². The first kappa shape index (κ1) is 14.9. The van der Waals surface area contributed by atoms with E-state index in [1.54, 1.807) is 11.7 Å². The molecule has 0 radical (unpaired) electrons. The summed E-state index contributed by atoms with van der Waals surface area (Å²) < 4.78 is 29.1. The molecule has 1 atom stereocenters. The van der Waals surface area contributed by atoms with Gasteiger partial charge in [-0.05, 0) is 25.1 Å². The van der Waals surface area contributed by atoms with Gasteiger partial charge < -0.3 is 0 Å². The number of nitrogens with one attached hydrogen (secondary N) is 1. The Morgan fingerprint density at radius 2 is 2.05 bits per heavy atom. The largest absolute Gasteiger partial charge is 0.272 e. The molecule has 0 aliphatic rings. The van der Waals surface area contributed by atoms with Crippen molar-refractivity contribution in [3.8, 4) is 0 Å². The van der Waals surface area contributed by atoms with Crippen molar-refractivity contribution >= 4 is 11.6 Å². The molecule has 1 aromatic carbocycles. The van der Waals surface area contributed by atoms with Gasteiger partial charge in [-0.15, -0.1) is 0 Å². The maximum Gasteiger partial charge on any atom is 0.142 e. The zero-order valence-electron chi connectivity index (χ0n) is 11.1. The van der Waals surface area contributed by atoms with E-state index in [0.29, 0.717) is 6.42 Å². The number of benzene rings is 1. The number of halogens is 3. The third-order valence-corrected chi connectivity index (χ3v) is 3.42. The van der Waals surface area contributed by atoms with Gasteiger partial charge in [0.2, 0.25) is 0 Å². The molecule has 0 saturated heterocycles. The van der Waals surface area contributed by atoms with Crippen LogP contribution >= 0.6 is 11.6 Å². The summed E-state index contributed by atoms with van der Waals surface area (Å²) in [6.45, 7) is 1.86. The van der Waals surface area contributed by atoms with E-state index in [0.717, 1.165) is 23.5 Å². The molecule has 0 fully saturated rings. The molecule has 2 rings (SSSR count). The van der Waals surface area contributed by atoms with Crippen molar-refractivity contribution in [3.05, 3.63) is 51.8 Å². The number of aryl methyl sites for hydroxylation is 2. The van der Waals surface area contributed by atoms with Gasteiger partial charge in [-0.1, -0.05) is 11.6 Å². The minimum Gasteiger partial charge on any atom is -0.272 e. The maximum atomic E-state index is 13.9. The second-order valence-corrected chi connectivity index (χ2v) is 5.02. The van der Waals surface area contributed by atoms with Crippen LogP contribution in [0.25, 0.3) is 0 Å². The van der Waals surface area contributed by atoms with Crippen molar-refractivity contribution in [1.82, 2.24) is 15.2 Å². The molecular weight excluding hydrogens is 286 g/mol. The Morgan fingerprint density at radius 3 is 2.60 bits per heavy atom. The zero-order valence-corrected chi connectivity index (χ0v) is 11.9. The summed E-state index contributed by atoms with van der Waals surface area (Å²) in [5.74, 6) is 4.19. The summed E-state index contributed by atoms with van der Waals surface area (Å²) in [6, 6.07) is 3.31. The van der Waals surface area contributed by atoms with Gasteiger partial charge in [-0.3, -0.25) is 16.0 Å². The highest BCUT2D eigenvalue weighted by Gasteiger charge is 2.19. The Hall–Kier alpha value is -1.50. The maximum absolute atomic E-state index is 13.9. The zero-order chi connectivity index (χ0) is 14.9. The van der Waals surface area contributed by atoms with E-state index < -0.39 is 17.7 Å². The molecule has 108 valence electrons. The fraction of sp³-hybridized carbons (Fsp3) is 0.308. The molecule has 4 nitrogen and oxygen atoms in total. The molecule has 20 heavy (non-hydrogen) atoms. The average molecular weight is 301 g/mol. The normalized spacial score (nSPS) is 12.7. The van der Waals surface area contributed by atoms with Gasteiger partial charge in [0.25, 0.3) is 0 Å². The molecule has 1 heterocycles. The van der Waals surface area contributed by atoms with Gasteiger partial charge in [0.1, 0.15) is 11.6 Å².